The zero-order valence-corrected chi connectivity index (χ0v) is 15.8. The van der Waals surface area contributed by atoms with Crippen molar-refractivity contribution >= 4 is 34.2 Å². The Morgan fingerprint density at radius 3 is 2.66 bits per heavy atom. The van der Waals surface area contributed by atoms with Crippen LogP contribution in [0.3, 0.4) is 0 Å². The van der Waals surface area contributed by atoms with Crippen molar-refractivity contribution < 1.29 is 9.21 Å². The molecule has 140 valence electrons. The van der Waals surface area contributed by atoms with E-state index in [0.717, 1.165) is 16.0 Å². The number of nitrogens with one attached hydrogen (secondary N) is 1. The molecule has 0 aliphatic heterocycles. The molecule has 3 aromatic heterocycles. The summed E-state index contributed by atoms with van der Waals surface area (Å²) >= 11 is 1.46. The van der Waals surface area contributed by atoms with Crippen molar-refractivity contribution in [1.29, 1.82) is 0 Å². The molecule has 0 fully saturated rings. The molecule has 0 atom stereocenters. The zero-order valence-electron chi connectivity index (χ0n) is 14.9. The Hall–Kier alpha value is -3.91. The van der Waals surface area contributed by atoms with Gasteiger partial charge in [-0.05, 0) is 24.3 Å². The van der Waals surface area contributed by atoms with Gasteiger partial charge >= 0.3 is 6.01 Å². The molecule has 5 rings (SSSR count). The number of thiazole rings is 1. The number of carbonyl (C=O) groups is 1. The first-order valence-electron chi connectivity index (χ1n) is 8.78. The zero-order chi connectivity index (χ0) is 19.6. The quantitative estimate of drug-likeness (QED) is 0.472. The molecule has 7 nitrogen and oxygen atoms in total. The number of fused-ring (bicyclic) bond motifs is 1. The minimum atomic E-state index is -0.357. The third-order valence-electron chi connectivity index (χ3n) is 4.28. The van der Waals surface area contributed by atoms with Gasteiger partial charge in [0.1, 0.15) is 10.7 Å². The molecule has 0 saturated carbocycles. The molecule has 3 heterocycles. The van der Waals surface area contributed by atoms with Crippen LogP contribution in [-0.4, -0.2) is 26.1 Å². The van der Waals surface area contributed by atoms with Crippen LogP contribution in [0.2, 0.25) is 0 Å². The molecule has 0 radical (unpaired) electrons. The summed E-state index contributed by atoms with van der Waals surface area (Å²) in [6.45, 7) is 0. The number of anilines is 1. The molecule has 1 amide bonds. The summed E-state index contributed by atoms with van der Waals surface area (Å²) in [4.78, 5) is 21.9. The van der Waals surface area contributed by atoms with Gasteiger partial charge < -0.3 is 4.42 Å². The van der Waals surface area contributed by atoms with E-state index in [2.05, 4.69) is 25.5 Å². The first-order valence-corrected chi connectivity index (χ1v) is 9.66. The number of nitrogens with zero attached hydrogens (tertiary/aromatic N) is 4. The highest BCUT2D eigenvalue weighted by Crippen LogP contribution is 2.27. The third-order valence-corrected chi connectivity index (χ3v) is 5.07. The summed E-state index contributed by atoms with van der Waals surface area (Å²) in [6.07, 6.45) is 1.71. The largest absolute Gasteiger partial charge is 0.403 e. The van der Waals surface area contributed by atoms with Crippen LogP contribution in [-0.2, 0) is 0 Å². The van der Waals surface area contributed by atoms with Gasteiger partial charge in [0.25, 0.3) is 5.91 Å². The van der Waals surface area contributed by atoms with Crippen LogP contribution in [0, 0.1) is 0 Å². The van der Waals surface area contributed by atoms with Crippen LogP contribution in [0.25, 0.3) is 33.1 Å². The van der Waals surface area contributed by atoms with E-state index in [-0.39, 0.29) is 11.9 Å². The molecule has 8 heteroatoms. The number of benzene rings is 2. The van der Waals surface area contributed by atoms with Gasteiger partial charge in [-0.1, -0.05) is 41.5 Å². The Bertz CT molecular complexity index is 1300. The second-order valence-electron chi connectivity index (χ2n) is 6.14. The maximum atomic E-state index is 13.0. The van der Waals surface area contributed by atoms with Gasteiger partial charge in [-0.2, -0.15) is 0 Å². The van der Waals surface area contributed by atoms with Crippen LogP contribution >= 0.6 is 11.3 Å². The molecule has 29 heavy (non-hydrogen) atoms. The predicted molar refractivity (Wildman–Crippen MR) is 111 cm³/mol. The summed E-state index contributed by atoms with van der Waals surface area (Å²) in [5.74, 6) is -0.0198. The monoisotopic (exact) mass is 399 g/mol. The molecule has 0 unspecified atom stereocenters. The highest BCUT2D eigenvalue weighted by atomic mass is 32.1. The van der Waals surface area contributed by atoms with Crippen molar-refractivity contribution in [2.24, 2.45) is 0 Å². The lowest BCUT2D eigenvalue weighted by Crippen LogP contribution is -2.13. The molecule has 0 aliphatic carbocycles. The van der Waals surface area contributed by atoms with Crippen molar-refractivity contribution in [2.75, 3.05) is 5.32 Å². The Balaban J connectivity index is 1.50. The summed E-state index contributed by atoms with van der Waals surface area (Å²) in [7, 11) is 0. The molecule has 1 N–H and O–H groups in total. The fraction of sp³-hybridized carbons (Fsp3) is 0. The number of rotatable bonds is 4. The van der Waals surface area contributed by atoms with Gasteiger partial charge in [-0.15, -0.1) is 16.4 Å². The summed E-state index contributed by atoms with van der Waals surface area (Å²) in [5, 5.41) is 14.0. The topological polar surface area (TPSA) is 93.8 Å². The second-order valence-corrected chi connectivity index (χ2v) is 7.04. The maximum absolute atomic E-state index is 13.0. The van der Waals surface area contributed by atoms with Crippen LogP contribution < -0.4 is 5.32 Å². The van der Waals surface area contributed by atoms with Gasteiger partial charge in [0, 0.05) is 22.5 Å². The molecule has 0 saturated heterocycles. The third kappa shape index (κ3) is 3.37. The van der Waals surface area contributed by atoms with E-state index in [0.29, 0.717) is 22.7 Å². The first-order chi connectivity index (χ1) is 14.3. The lowest BCUT2D eigenvalue weighted by Gasteiger charge is -2.07. The number of pyridine rings is 1. The highest BCUT2D eigenvalue weighted by molar-refractivity contribution is 7.13. The average Bonchev–Trinajstić information content (AvgIpc) is 3.46. The van der Waals surface area contributed by atoms with Gasteiger partial charge in [-0.3, -0.25) is 10.1 Å². The molecular formula is C21H13N5O2S. The van der Waals surface area contributed by atoms with Crippen LogP contribution in [0.4, 0.5) is 6.01 Å². The lowest BCUT2D eigenvalue weighted by atomic mass is 10.1. The molecule has 0 bridgehead atoms. The first kappa shape index (κ1) is 17.2. The van der Waals surface area contributed by atoms with Crippen molar-refractivity contribution in [1.82, 2.24) is 20.2 Å². The van der Waals surface area contributed by atoms with E-state index in [4.69, 9.17) is 4.42 Å². The second kappa shape index (κ2) is 7.25. The van der Waals surface area contributed by atoms with Crippen molar-refractivity contribution in [3.05, 3.63) is 77.8 Å². The number of aromatic nitrogens is 4. The Morgan fingerprint density at radius 2 is 1.83 bits per heavy atom. The van der Waals surface area contributed by atoms with Crippen LogP contribution in [0.1, 0.15) is 10.4 Å². The molecule has 5 aromatic rings. The van der Waals surface area contributed by atoms with Gasteiger partial charge in [0.15, 0.2) is 0 Å². The lowest BCUT2D eigenvalue weighted by molar-refractivity contribution is 0.102. The number of carbonyl (C=O) groups excluding carboxylic acids is 1. The maximum Gasteiger partial charge on any atom is 0.322 e. The molecule has 0 spiro atoms. The fourth-order valence-electron chi connectivity index (χ4n) is 2.96. The summed E-state index contributed by atoms with van der Waals surface area (Å²) in [5.41, 5.74) is 2.58. The number of hydrogen-bond acceptors (Lipinski definition) is 7. The van der Waals surface area contributed by atoms with E-state index in [9.17, 15) is 4.79 Å². The summed E-state index contributed by atoms with van der Waals surface area (Å²) in [6, 6.07) is 18.6. The van der Waals surface area contributed by atoms with E-state index in [1.165, 1.54) is 11.3 Å². The Morgan fingerprint density at radius 1 is 1.00 bits per heavy atom. The molecule has 2 aromatic carbocycles. The number of para-hydroxylation sites is 1. The fourth-order valence-corrected chi connectivity index (χ4v) is 3.56. The standard InChI is InChI=1S/C21H13N5O2S/c27-18(24-21-26-25-19(28-21)13-6-2-1-3-7-13)15-12-17(20-22-10-11-29-20)23-16-9-5-4-8-14(15)16/h1-12H,(H,24,26,27). The van der Waals surface area contributed by atoms with E-state index < -0.39 is 0 Å². The van der Waals surface area contributed by atoms with E-state index in [1.54, 1.807) is 12.3 Å². The van der Waals surface area contributed by atoms with E-state index >= 15 is 0 Å². The van der Waals surface area contributed by atoms with Gasteiger partial charge in [0.05, 0.1) is 11.1 Å². The average molecular weight is 399 g/mol. The van der Waals surface area contributed by atoms with Crippen molar-refractivity contribution in [2.45, 2.75) is 0 Å². The Kier molecular flexibility index (Phi) is 4.30. The van der Waals surface area contributed by atoms with Crippen LogP contribution in [0.5, 0.6) is 0 Å². The highest BCUT2D eigenvalue weighted by Gasteiger charge is 2.17. The Labute approximate surface area is 169 Å². The molecular weight excluding hydrogens is 386 g/mol. The van der Waals surface area contributed by atoms with Gasteiger partial charge in [0.2, 0.25) is 5.89 Å². The summed E-state index contributed by atoms with van der Waals surface area (Å²) < 4.78 is 5.60. The molecule has 0 aliphatic rings. The number of hydrogen-bond donors (Lipinski definition) is 1. The smallest absolute Gasteiger partial charge is 0.322 e. The van der Waals surface area contributed by atoms with Crippen LogP contribution in [0.15, 0.2) is 76.7 Å². The van der Waals surface area contributed by atoms with Crippen molar-refractivity contribution in [3.63, 3.8) is 0 Å². The SMILES string of the molecule is O=C(Nc1nnc(-c2ccccc2)o1)c1cc(-c2nccs2)nc2ccccc12. The van der Waals surface area contributed by atoms with Gasteiger partial charge in [-0.25, -0.2) is 9.97 Å². The predicted octanol–water partition coefficient (Wildman–Crippen LogP) is 4.66. The van der Waals surface area contributed by atoms with E-state index in [1.807, 2.05) is 60.0 Å². The van der Waals surface area contributed by atoms with Crippen molar-refractivity contribution in [3.8, 4) is 22.2 Å². The minimum Gasteiger partial charge on any atom is -0.403 e. The normalized spacial score (nSPS) is 10.9. The number of amides is 1. The minimum absolute atomic E-state index is 0.0329.